The second-order valence-corrected chi connectivity index (χ2v) is 6.08. The highest BCUT2D eigenvalue weighted by Gasteiger charge is 2.12. The molecule has 0 aliphatic carbocycles. The third kappa shape index (κ3) is 2.94. The zero-order valence-electron chi connectivity index (χ0n) is 11.8. The van der Waals surface area contributed by atoms with E-state index < -0.39 is 0 Å². The van der Waals surface area contributed by atoms with Crippen molar-refractivity contribution in [1.82, 2.24) is 9.97 Å². The van der Waals surface area contributed by atoms with Gasteiger partial charge in [-0.05, 0) is 29.1 Å². The van der Waals surface area contributed by atoms with Gasteiger partial charge in [0.05, 0.1) is 5.39 Å². The molecule has 0 radical (unpaired) electrons. The van der Waals surface area contributed by atoms with E-state index in [1.165, 1.54) is 0 Å². The topological polar surface area (TPSA) is 41.1 Å². The van der Waals surface area contributed by atoms with Gasteiger partial charge in [0.2, 0.25) is 5.95 Å². The largest absolute Gasteiger partial charge is 0.357 e. The smallest absolute Gasteiger partial charge is 0.225 e. The summed E-state index contributed by atoms with van der Waals surface area (Å²) in [5, 5.41) is 6.87. The minimum atomic E-state index is 0.637. The number of benzene rings is 1. The van der Waals surface area contributed by atoms with Gasteiger partial charge in [-0.25, -0.2) is 4.98 Å². The number of fused-ring (bicyclic) bond motifs is 1. The predicted octanol–water partition coefficient (Wildman–Crippen LogP) is 4.02. The van der Waals surface area contributed by atoms with Crippen LogP contribution in [0.5, 0.6) is 0 Å². The van der Waals surface area contributed by atoms with E-state index in [9.17, 15) is 0 Å². The van der Waals surface area contributed by atoms with Gasteiger partial charge in [-0.1, -0.05) is 23.7 Å². The summed E-state index contributed by atoms with van der Waals surface area (Å²) in [5.41, 5.74) is 1.15. The summed E-state index contributed by atoms with van der Waals surface area (Å²) < 4.78 is 0. The molecular formula is C15H15ClN4S. The second-order valence-electron chi connectivity index (χ2n) is 4.75. The molecule has 1 N–H and O–H groups in total. The van der Waals surface area contributed by atoms with Gasteiger partial charge in [-0.15, -0.1) is 11.3 Å². The zero-order chi connectivity index (χ0) is 14.8. The third-order valence-corrected chi connectivity index (χ3v) is 4.24. The van der Waals surface area contributed by atoms with Crippen molar-refractivity contribution in [2.24, 2.45) is 0 Å². The Kier molecular flexibility index (Phi) is 3.94. The monoisotopic (exact) mass is 318 g/mol. The van der Waals surface area contributed by atoms with E-state index >= 15 is 0 Å². The van der Waals surface area contributed by atoms with Crippen molar-refractivity contribution < 1.29 is 0 Å². The summed E-state index contributed by atoms with van der Waals surface area (Å²) in [6, 6.07) is 9.94. The predicted molar refractivity (Wildman–Crippen MR) is 90.5 cm³/mol. The lowest BCUT2D eigenvalue weighted by molar-refractivity contribution is 0.902. The molecule has 0 amide bonds. The highest BCUT2D eigenvalue weighted by atomic mass is 35.5. The van der Waals surface area contributed by atoms with Crippen LogP contribution in [0.4, 0.5) is 11.8 Å². The Balaban J connectivity index is 1.97. The number of nitrogens with zero attached hydrogens (tertiary/aromatic N) is 3. The Bertz CT molecular complexity index is 771. The van der Waals surface area contributed by atoms with E-state index in [4.69, 9.17) is 11.6 Å². The van der Waals surface area contributed by atoms with Crippen LogP contribution in [0.1, 0.15) is 5.56 Å². The molecule has 0 bridgehead atoms. The molecule has 6 heteroatoms. The summed E-state index contributed by atoms with van der Waals surface area (Å²) in [5.74, 6) is 1.56. The van der Waals surface area contributed by atoms with E-state index in [1.807, 2.05) is 37.7 Å². The molecule has 21 heavy (non-hydrogen) atoms. The summed E-state index contributed by atoms with van der Waals surface area (Å²) >= 11 is 7.67. The van der Waals surface area contributed by atoms with Gasteiger partial charge < -0.3 is 10.2 Å². The van der Waals surface area contributed by atoms with E-state index in [0.717, 1.165) is 33.2 Å². The van der Waals surface area contributed by atoms with Gasteiger partial charge >= 0.3 is 0 Å². The Morgan fingerprint density at radius 2 is 2.14 bits per heavy atom. The summed E-state index contributed by atoms with van der Waals surface area (Å²) in [6.07, 6.45) is 0. The quantitative estimate of drug-likeness (QED) is 0.788. The highest BCUT2D eigenvalue weighted by Crippen LogP contribution is 2.29. The number of aromatic nitrogens is 2. The molecule has 4 nitrogen and oxygen atoms in total. The lowest BCUT2D eigenvalue weighted by atomic mass is 10.2. The lowest BCUT2D eigenvalue weighted by Crippen LogP contribution is -2.18. The molecule has 3 aromatic rings. The normalized spacial score (nSPS) is 10.8. The second kappa shape index (κ2) is 5.87. The molecule has 0 spiro atoms. The first kappa shape index (κ1) is 14.1. The van der Waals surface area contributed by atoms with Gasteiger partial charge in [0.1, 0.15) is 10.6 Å². The summed E-state index contributed by atoms with van der Waals surface area (Å²) in [7, 11) is 3.86. The Labute approximate surface area is 132 Å². The Hall–Kier alpha value is -1.85. The van der Waals surface area contributed by atoms with Crippen molar-refractivity contribution in [3.63, 3.8) is 0 Å². The van der Waals surface area contributed by atoms with Crippen molar-refractivity contribution in [3.05, 3.63) is 46.3 Å². The number of anilines is 2. The van der Waals surface area contributed by atoms with Crippen LogP contribution in [0.15, 0.2) is 35.7 Å². The average molecular weight is 319 g/mol. The SMILES string of the molecule is CNc1nc(N(C)Cc2cccc(Cl)c2)c2ccsc2n1. The van der Waals surface area contributed by atoms with Crippen LogP contribution in [0.3, 0.4) is 0 Å². The maximum atomic E-state index is 6.05. The molecule has 3 rings (SSSR count). The first-order valence-electron chi connectivity index (χ1n) is 6.56. The van der Waals surface area contributed by atoms with Crippen molar-refractivity contribution in [3.8, 4) is 0 Å². The zero-order valence-corrected chi connectivity index (χ0v) is 13.4. The summed E-state index contributed by atoms with van der Waals surface area (Å²) in [4.78, 5) is 12.2. The molecule has 0 atom stereocenters. The molecule has 1 aromatic carbocycles. The highest BCUT2D eigenvalue weighted by molar-refractivity contribution is 7.16. The van der Waals surface area contributed by atoms with Crippen LogP contribution < -0.4 is 10.2 Å². The molecule has 0 saturated carbocycles. The van der Waals surface area contributed by atoms with Crippen molar-refractivity contribution in [2.45, 2.75) is 6.54 Å². The summed E-state index contributed by atoms with van der Waals surface area (Å²) in [6.45, 7) is 0.742. The van der Waals surface area contributed by atoms with Crippen LogP contribution in [0.2, 0.25) is 5.02 Å². The molecule has 0 fully saturated rings. The lowest BCUT2D eigenvalue weighted by Gasteiger charge is -2.19. The number of hydrogen-bond acceptors (Lipinski definition) is 5. The Morgan fingerprint density at radius 3 is 2.90 bits per heavy atom. The number of rotatable bonds is 4. The number of thiophene rings is 1. The molecule has 0 unspecified atom stereocenters. The molecule has 2 aromatic heterocycles. The van der Waals surface area contributed by atoms with Gasteiger partial charge in [0.25, 0.3) is 0 Å². The fourth-order valence-electron chi connectivity index (χ4n) is 2.23. The fraction of sp³-hybridized carbons (Fsp3) is 0.200. The number of hydrogen-bond donors (Lipinski definition) is 1. The molecule has 0 saturated heterocycles. The van der Waals surface area contributed by atoms with Gasteiger partial charge in [0, 0.05) is 25.7 Å². The van der Waals surface area contributed by atoms with Crippen molar-refractivity contribution >= 4 is 44.9 Å². The van der Waals surface area contributed by atoms with Crippen LogP contribution in [0.25, 0.3) is 10.2 Å². The van der Waals surface area contributed by atoms with Crippen LogP contribution in [0, 0.1) is 0 Å². The minimum absolute atomic E-state index is 0.637. The number of nitrogens with one attached hydrogen (secondary N) is 1. The minimum Gasteiger partial charge on any atom is -0.357 e. The molecule has 0 aliphatic heterocycles. The van der Waals surface area contributed by atoms with Gasteiger partial charge in [-0.3, -0.25) is 0 Å². The molecule has 2 heterocycles. The third-order valence-electron chi connectivity index (χ3n) is 3.20. The molecular weight excluding hydrogens is 304 g/mol. The van der Waals surface area contributed by atoms with E-state index in [2.05, 4.69) is 32.3 Å². The Morgan fingerprint density at radius 1 is 1.29 bits per heavy atom. The van der Waals surface area contributed by atoms with Gasteiger partial charge in [0.15, 0.2) is 0 Å². The van der Waals surface area contributed by atoms with Crippen LogP contribution in [-0.4, -0.2) is 24.1 Å². The van der Waals surface area contributed by atoms with E-state index in [1.54, 1.807) is 11.3 Å². The molecule has 0 aliphatic rings. The first-order chi connectivity index (χ1) is 10.2. The standard InChI is InChI=1S/C15H15ClN4S/c1-17-15-18-13(12-6-7-21-14(12)19-15)20(2)9-10-4-3-5-11(16)8-10/h3-8H,9H2,1-2H3,(H,17,18,19). The van der Waals surface area contributed by atoms with Gasteiger partial charge in [-0.2, -0.15) is 4.98 Å². The first-order valence-corrected chi connectivity index (χ1v) is 7.81. The maximum absolute atomic E-state index is 6.05. The molecule has 108 valence electrons. The van der Waals surface area contributed by atoms with Crippen molar-refractivity contribution in [2.75, 3.05) is 24.3 Å². The fourth-order valence-corrected chi connectivity index (χ4v) is 3.20. The van der Waals surface area contributed by atoms with E-state index in [-0.39, 0.29) is 0 Å². The maximum Gasteiger partial charge on any atom is 0.225 e. The van der Waals surface area contributed by atoms with Crippen molar-refractivity contribution in [1.29, 1.82) is 0 Å². The van der Waals surface area contributed by atoms with Crippen LogP contribution >= 0.6 is 22.9 Å². The number of halogens is 1. The van der Waals surface area contributed by atoms with E-state index in [0.29, 0.717) is 5.95 Å². The van der Waals surface area contributed by atoms with Crippen LogP contribution in [-0.2, 0) is 6.54 Å². The average Bonchev–Trinajstić information content (AvgIpc) is 2.94.